The zero-order chi connectivity index (χ0) is 21.0. The first-order valence-corrected chi connectivity index (χ1v) is 10.7. The van der Waals surface area contributed by atoms with E-state index in [-0.39, 0.29) is 6.04 Å². The number of methoxy groups -OCH3 is 1. The summed E-state index contributed by atoms with van der Waals surface area (Å²) in [6.07, 6.45) is 5.16. The Morgan fingerprint density at radius 1 is 1.17 bits per heavy atom. The molecule has 1 aliphatic heterocycles. The summed E-state index contributed by atoms with van der Waals surface area (Å²) in [7, 11) is 3.47. The van der Waals surface area contributed by atoms with Crippen LogP contribution < -0.4 is 15.4 Å². The normalized spacial score (nSPS) is 15.9. The molecule has 2 aromatic rings. The number of benzene rings is 1. The van der Waals surface area contributed by atoms with Crippen LogP contribution in [0.4, 0.5) is 0 Å². The van der Waals surface area contributed by atoms with Gasteiger partial charge in [0.05, 0.1) is 26.0 Å². The Morgan fingerprint density at radius 2 is 1.97 bits per heavy atom. The number of nitrogens with one attached hydrogen (secondary N) is 2. The van der Waals surface area contributed by atoms with Gasteiger partial charge in [-0.15, -0.1) is 0 Å². The van der Waals surface area contributed by atoms with E-state index in [9.17, 15) is 0 Å². The molecule has 1 saturated heterocycles. The molecule has 0 saturated carbocycles. The first kappa shape index (κ1) is 22.2. The first-order chi connectivity index (χ1) is 14.8. The third-order valence-electron chi connectivity index (χ3n) is 5.33. The van der Waals surface area contributed by atoms with Gasteiger partial charge in [0.15, 0.2) is 5.96 Å². The van der Waals surface area contributed by atoms with Crippen molar-refractivity contribution in [2.45, 2.75) is 31.9 Å². The number of hydrogen-bond donors (Lipinski definition) is 2. The molecule has 30 heavy (non-hydrogen) atoms. The number of ether oxygens (including phenoxy) is 2. The highest BCUT2D eigenvalue weighted by atomic mass is 16.5. The van der Waals surface area contributed by atoms with Gasteiger partial charge in [0, 0.05) is 26.7 Å². The Labute approximate surface area is 179 Å². The number of hydrogen-bond acceptors (Lipinski definition) is 5. The Morgan fingerprint density at radius 3 is 2.63 bits per heavy atom. The van der Waals surface area contributed by atoms with Crippen LogP contribution in [0.1, 0.15) is 36.6 Å². The molecule has 7 heteroatoms. The molecule has 3 rings (SSSR count). The van der Waals surface area contributed by atoms with Crippen molar-refractivity contribution in [2.75, 3.05) is 46.9 Å². The first-order valence-electron chi connectivity index (χ1n) is 10.7. The molecule has 0 amide bonds. The molecule has 0 radical (unpaired) electrons. The number of guanidine groups is 1. The van der Waals surface area contributed by atoms with Crippen molar-refractivity contribution in [2.24, 2.45) is 4.99 Å². The molecule has 2 N–H and O–H groups in total. The third kappa shape index (κ3) is 6.78. The molecule has 0 aliphatic carbocycles. The van der Waals surface area contributed by atoms with Crippen LogP contribution in [0.2, 0.25) is 0 Å². The Kier molecular flexibility index (Phi) is 9.05. The van der Waals surface area contributed by atoms with E-state index in [0.717, 1.165) is 55.6 Å². The molecule has 1 aromatic carbocycles. The number of furan rings is 1. The van der Waals surface area contributed by atoms with E-state index in [1.807, 2.05) is 30.3 Å². The summed E-state index contributed by atoms with van der Waals surface area (Å²) in [5.41, 5.74) is 1.15. The van der Waals surface area contributed by atoms with Gasteiger partial charge in [-0.2, -0.15) is 0 Å². The van der Waals surface area contributed by atoms with Gasteiger partial charge in [-0.25, -0.2) is 0 Å². The van der Waals surface area contributed by atoms with Gasteiger partial charge < -0.3 is 24.5 Å². The van der Waals surface area contributed by atoms with E-state index in [4.69, 9.17) is 13.9 Å². The van der Waals surface area contributed by atoms with Gasteiger partial charge in [-0.1, -0.05) is 12.1 Å². The fraction of sp³-hybridized carbons (Fsp3) is 0.522. The second-order valence-electron chi connectivity index (χ2n) is 7.41. The molecular weight excluding hydrogens is 380 g/mol. The smallest absolute Gasteiger partial charge is 0.191 e. The zero-order valence-electron chi connectivity index (χ0n) is 18.1. The molecule has 2 heterocycles. The fourth-order valence-electron chi connectivity index (χ4n) is 3.65. The van der Waals surface area contributed by atoms with E-state index in [1.54, 1.807) is 20.4 Å². The van der Waals surface area contributed by atoms with Crippen molar-refractivity contribution in [1.82, 2.24) is 15.5 Å². The zero-order valence-corrected chi connectivity index (χ0v) is 18.1. The summed E-state index contributed by atoms with van der Waals surface area (Å²) >= 11 is 0. The summed E-state index contributed by atoms with van der Waals surface area (Å²) in [5.74, 6) is 2.67. The van der Waals surface area contributed by atoms with E-state index in [2.05, 4.69) is 26.6 Å². The van der Waals surface area contributed by atoms with Gasteiger partial charge in [-0.05, 0) is 62.2 Å². The van der Waals surface area contributed by atoms with Crippen molar-refractivity contribution in [3.63, 3.8) is 0 Å². The van der Waals surface area contributed by atoms with Crippen LogP contribution in [-0.4, -0.2) is 57.8 Å². The summed E-state index contributed by atoms with van der Waals surface area (Å²) in [5, 5.41) is 6.81. The molecule has 164 valence electrons. The van der Waals surface area contributed by atoms with E-state index < -0.39 is 0 Å². The maximum atomic E-state index is 5.76. The van der Waals surface area contributed by atoms with Gasteiger partial charge in [-0.3, -0.25) is 9.89 Å². The second-order valence-corrected chi connectivity index (χ2v) is 7.41. The second kappa shape index (κ2) is 12.2. The number of aliphatic imine (C=N–C) groups is 1. The van der Waals surface area contributed by atoms with Crippen LogP contribution in [0.5, 0.6) is 5.75 Å². The van der Waals surface area contributed by atoms with Crippen LogP contribution in [0.15, 0.2) is 52.1 Å². The average Bonchev–Trinajstić information content (AvgIpc) is 3.50. The number of likely N-dealkylation sites (tertiary alicyclic amines) is 1. The average molecular weight is 415 g/mol. The van der Waals surface area contributed by atoms with Crippen LogP contribution in [0, 0.1) is 0 Å². The van der Waals surface area contributed by atoms with Gasteiger partial charge in [0.1, 0.15) is 11.5 Å². The summed E-state index contributed by atoms with van der Waals surface area (Å²) in [6.45, 7) is 5.10. The van der Waals surface area contributed by atoms with Crippen molar-refractivity contribution < 1.29 is 13.9 Å². The van der Waals surface area contributed by atoms with Gasteiger partial charge in [0.25, 0.3) is 0 Å². The van der Waals surface area contributed by atoms with E-state index in [0.29, 0.717) is 13.2 Å². The fourth-order valence-corrected chi connectivity index (χ4v) is 3.65. The van der Waals surface area contributed by atoms with E-state index >= 15 is 0 Å². The largest absolute Gasteiger partial charge is 0.497 e. The maximum absolute atomic E-state index is 5.76. The topological polar surface area (TPSA) is 71.3 Å². The van der Waals surface area contributed by atoms with Crippen molar-refractivity contribution in [3.8, 4) is 5.75 Å². The number of rotatable bonds is 11. The molecule has 0 spiro atoms. The Balaban J connectivity index is 1.33. The predicted molar refractivity (Wildman–Crippen MR) is 119 cm³/mol. The number of nitrogens with zero attached hydrogens (tertiary/aromatic N) is 2. The molecule has 1 unspecified atom stereocenters. The van der Waals surface area contributed by atoms with Gasteiger partial charge in [0.2, 0.25) is 0 Å². The lowest BCUT2D eigenvalue weighted by molar-refractivity contribution is 0.119. The van der Waals surface area contributed by atoms with Crippen LogP contribution >= 0.6 is 0 Å². The quantitative estimate of drug-likeness (QED) is 0.334. The lowest BCUT2D eigenvalue weighted by Crippen LogP contribution is -2.43. The van der Waals surface area contributed by atoms with Crippen LogP contribution in [-0.2, 0) is 11.3 Å². The van der Waals surface area contributed by atoms with Crippen molar-refractivity contribution >= 4 is 5.96 Å². The van der Waals surface area contributed by atoms with Gasteiger partial charge >= 0.3 is 0 Å². The van der Waals surface area contributed by atoms with Crippen LogP contribution in [0.3, 0.4) is 0 Å². The highest BCUT2D eigenvalue weighted by molar-refractivity contribution is 5.79. The Hall–Kier alpha value is -2.51. The molecule has 1 atom stereocenters. The molecular formula is C23H34N4O3. The highest BCUT2D eigenvalue weighted by Gasteiger charge is 2.25. The lowest BCUT2D eigenvalue weighted by atomic mass is 10.2. The minimum Gasteiger partial charge on any atom is -0.497 e. The molecule has 1 fully saturated rings. The molecule has 1 aromatic heterocycles. The van der Waals surface area contributed by atoms with Crippen LogP contribution in [0.25, 0.3) is 0 Å². The van der Waals surface area contributed by atoms with Crippen molar-refractivity contribution in [3.05, 3.63) is 54.0 Å². The lowest BCUT2D eigenvalue weighted by Gasteiger charge is -2.26. The molecule has 0 bridgehead atoms. The minimum absolute atomic E-state index is 0.230. The standard InChI is InChI=1S/C23H34N4O3/c1-24-23(25-12-6-15-29-18-19-8-10-20(28-2)11-9-19)26-17-21(22-7-5-16-30-22)27-13-3-4-14-27/h5,7-11,16,21H,3-4,6,12-15,17-18H2,1-2H3,(H2,24,25,26). The minimum atomic E-state index is 0.230. The molecule has 7 nitrogen and oxygen atoms in total. The summed E-state index contributed by atoms with van der Waals surface area (Å²) in [6, 6.07) is 12.2. The maximum Gasteiger partial charge on any atom is 0.191 e. The van der Waals surface area contributed by atoms with Crippen molar-refractivity contribution in [1.29, 1.82) is 0 Å². The van der Waals surface area contributed by atoms with E-state index in [1.165, 1.54) is 12.8 Å². The summed E-state index contributed by atoms with van der Waals surface area (Å²) < 4.78 is 16.6. The SMILES string of the molecule is CN=C(NCCCOCc1ccc(OC)cc1)NCC(c1ccco1)N1CCCC1. The predicted octanol–water partition coefficient (Wildman–Crippen LogP) is 3.20. The third-order valence-corrected chi connectivity index (χ3v) is 5.33. The monoisotopic (exact) mass is 414 g/mol. The Bertz CT molecular complexity index is 740. The highest BCUT2D eigenvalue weighted by Crippen LogP contribution is 2.24. The molecule has 1 aliphatic rings. The summed E-state index contributed by atoms with van der Waals surface area (Å²) in [4.78, 5) is 6.82.